The number of likely N-dealkylation sites (tertiary alicyclic amines) is 1. The second-order valence-corrected chi connectivity index (χ2v) is 9.03. The van der Waals surface area contributed by atoms with Crippen LogP contribution in [0.25, 0.3) is 11.0 Å². The number of aryl methyl sites for hydroxylation is 2. The molecule has 0 radical (unpaired) electrons. The number of hydrogen-bond donors (Lipinski definition) is 2. The van der Waals surface area contributed by atoms with Crippen LogP contribution >= 0.6 is 0 Å². The van der Waals surface area contributed by atoms with Crippen molar-refractivity contribution in [3.05, 3.63) is 39.2 Å². The quantitative estimate of drug-likeness (QED) is 0.738. The van der Waals surface area contributed by atoms with Gasteiger partial charge < -0.3 is 24.5 Å². The van der Waals surface area contributed by atoms with Gasteiger partial charge in [-0.3, -0.25) is 4.79 Å². The summed E-state index contributed by atoms with van der Waals surface area (Å²) in [7, 11) is 0. The number of aliphatic hydroxyl groups is 1. The Hall–Kier alpha value is -2.38. The Balaban J connectivity index is 1.34. The van der Waals surface area contributed by atoms with Gasteiger partial charge in [-0.15, -0.1) is 0 Å². The average Bonchev–Trinajstić information content (AvgIpc) is 3.32. The maximum Gasteiger partial charge on any atom is 0.339 e. The zero-order chi connectivity index (χ0) is 20.9. The number of aliphatic hydroxyl groups excluding tert-OH is 1. The van der Waals surface area contributed by atoms with Gasteiger partial charge in [0.1, 0.15) is 11.3 Å². The molecule has 5 rings (SSSR count). The summed E-state index contributed by atoms with van der Waals surface area (Å²) < 4.78 is 11.5. The third-order valence-electron chi connectivity index (χ3n) is 7.29. The number of hydrogen-bond acceptors (Lipinski definition) is 6. The van der Waals surface area contributed by atoms with Crippen molar-refractivity contribution >= 4 is 16.9 Å². The molecule has 0 unspecified atom stereocenters. The second kappa shape index (κ2) is 7.39. The minimum absolute atomic E-state index is 0.0663. The van der Waals surface area contributed by atoms with Crippen LogP contribution in [0.2, 0.25) is 0 Å². The largest absolute Gasteiger partial charge is 0.483 e. The van der Waals surface area contributed by atoms with E-state index < -0.39 is 0 Å². The number of nitrogens with zero attached hydrogens (tertiary/aromatic N) is 1. The van der Waals surface area contributed by atoms with Gasteiger partial charge in [-0.2, -0.15) is 0 Å². The highest BCUT2D eigenvalue weighted by Crippen LogP contribution is 2.38. The first-order valence-corrected chi connectivity index (χ1v) is 10.8. The zero-order valence-corrected chi connectivity index (χ0v) is 17.3. The smallest absolute Gasteiger partial charge is 0.339 e. The minimum atomic E-state index is -0.250. The monoisotopic (exact) mass is 412 g/mol. The first-order valence-electron chi connectivity index (χ1n) is 10.8. The van der Waals surface area contributed by atoms with Crippen molar-refractivity contribution in [3.8, 4) is 5.75 Å². The molecule has 160 valence electrons. The average molecular weight is 412 g/mol. The van der Waals surface area contributed by atoms with E-state index in [0.717, 1.165) is 60.8 Å². The Bertz CT molecular complexity index is 1060. The SMILES string of the molecule is Cc1c(OCC(=O)N2C[C@@H]3CNC[C@]3(CO)C2)ccc2c3c(c(=O)oc12)CCCC3. The first-order chi connectivity index (χ1) is 14.5. The molecule has 30 heavy (non-hydrogen) atoms. The van der Waals surface area contributed by atoms with Crippen LogP contribution < -0.4 is 15.7 Å². The van der Waals surface area contributed by atoms with Crippen molar-refractivity contribution in [2.75, 3.05) is 39.4 Å². The summed E-state index contributed by atoms with van der Waals surface area (Å²) in [6, 6.07) is 3.82. The molecule has 0 saturated carbocycles. The third kappa shape index (κ3) is 3.03. The van der Waals surface area contributed by atoms with E-state index in [2.05, 4.69) is 5.32 Å². The normalized spacial score (nSPS) is 25.4. The maximum absolute atomic E-state index is 12.8. The van der Waals surface area contributed by atoms with Crippen molar-refractivity contribution in [1.82, 2.24) is 10.2 Å². The Morgan fingerprint density at radius 1 is 1.33 bits per heavy atom. The van der Waals surface area contributed by atoms with Gasteiger partial charge in [0.2, 0.25) is 0 Å². The van der Waals surface area contributed by atoms with Crippen molar-refractivity contribution in [2.45, 2.75) is 32.6 Å². The molecule has 1 amide bonds. The first kappa shape index (κ1) is 19.6. The van der Waals surface area contributed by atoms with Crippen molar-refractivity contribution in [2.24, 2.45) is 11.3 Å². The van der Waals surface area contributed by atoms with Crippen molar-refractivity contribution < 1.29 is 19.1 Å². The van der Waals surface area contributed by atoms with Crippen LogP contribution in [0.5, 0.6) is 5.75 Å². The van der Waals surface area contributed by atoms with Crippen LogP contribution in [-0.2, 0) is 17.6 Å². The minimum Gasteiger partial charge on any atom is -0.483 e. The molecule has 7 heteroatoms. The number of carbonyl (C=O) groups is 1. The Labute approximate surface area is 175 Å². The van der Waals surface area contributed by atoms with E-state index in [0.29, 0.717) is 24.4 Å². The van der Waals surface area contributed by atoms with Crippen molar-refractivity contribution in [1.29, 1.82) is 0 Å². The molecular formula is C23H28N2O5. The van der Waals surface area contributed by atoms with Gasteiger partial charge in [-0.25, -0.2) is 4.79 Å². The third-order valence-corrected chi connectivity index (χ3v) is 7.29. The lowest BCUT2D eigenvalue weighted by atomic mass is 9.82. The lowest BCUT2D eigenvalue weighted by molar-refractivity contribution is -0.132. The van der Waals surface area contributed by atoms with Crippen LogP contribution in [0.1, 0.15) is 29.5 Å². The number of rotatable bonds is 4. The lowest BCUT2D eigenvalue weighted by Crippen LogP contribution is -2.39. The summed E-state index contributed by atoms with van der Waals surface area (Å²) >= 11 is 0. The Morgan fingerprint density at radius 2 is 2.13 bits per heavy atom. The van der Waals surface area contributed by atoms with E-state index in [9.17, 15) is 14.7 Å². The van der Waals surface area contributed by atoms with Crippen LogP contribution in [-0.4, -0.2) is 55.3 Å². The fourth-order valence-electron chi connectivity index (χ4n) is 5.45. The lowest BCUT2D eigenvalue weighted by Gasteiger charge is -2.25. The zero-order valence-electron chi connectivity index (χ0n) is 17.3. The van der Waals surface area contributed by atoms with Gasteiger partial charge in [0.15, 0.2) is 6.61 Å². The van der Waals surface area contributed by atoms with E-state index in [1.807, 2.05) is 19.1 Å². The van der Waals surface area contributed by atoms with Crippen LogP contribution in [0.4, 0.5) is 0 Å². The summed E-state index contributed by atoms with van der Waals surface area (Å²) in [5.41, 5.74) is 2.75. The molecule has 2 aliphatic heterocycles. The standard InChI is InChI=1S/C23H28N2O5/c1-14-19(7-6-17-16-4-2-3-5-18(16)22(28)30-21(14)17)29-10-20(27)25-9-15-8-24-11-23(15,12-25)13-26/h6-7,15,24,26H,2-5,8-13H2,1H3/t15-,23+/m0/s1. The van der Waals surface area contributed by atoms with Gasteiger partial charge in [0, 0.05) is 48.1 Å². The maximum atomic E-state index is 12.8. The van der Waals surface area contributed by atoms with Crippen LogP contribution in [0.3, 0.4) is 0 Å². The number of carbonyl (C=O) groups excluding carboxylic acids is 1. The van der Waals surface area contributed by atoms with E-state index in [4.69, 9.17) is 9.15 Å². The molecule has 2 atom stereocenters. The van der Waals surface area contributed by atoms with Gasteiger partial charge in [-0.1, -0.05) is 0 Å². The molecule has 3 heterocycles. The molecular weight excluding hydrogens is 384 g/mol. The molecule has 1 aliphatic carbocycles. The predicted molar refractivity (Wildman–Crippen MR) is 112 cm³/mol. The Kier molecular flexibility index (Phi) is 4.82. The molecule has 7 nitrogen and oxygen atoms in total. The summed E-state index contributed by atoms with van der Waals surface area (Å²) in [6.45, 7) is 4.66. The van der Waals surface area contributed by atoms with E-state index in [-0.39, 0.29) is 36.1 Å². The number of amides is 1. The summed E-state index contributed by atoms with van der Waals surface area (Å²) in [4.78, 5) is 27.0. The second-order valence-electron chi connectivity index (χ2n) is 9.03. The topological polar surface area (TPSA) is 92.0 Å². The molecule has 2 fully saturated rings. The molecule has 3 aliphatic rings. The van der Waals surface area contributed by atoms with E-state index in [1.54, 1.807) is 4.90 Å². The van der Waals surface area contributed by atoms with E-state index in [1.165, 1.54) is 0 Å². The summed E-state index contributed by atoms with van der Waals surface area (Å²) in [5.74, 6) is 0.769. The number of ether oxygens (including phenoxy) is 1. The summed E-state index contributed by atoms with van der Waals surface area (Å²) in [5, 5.41) is 14.1. The van der Waals surface area contributed by atoms with Gasteiger partial charge >= 0.3 is 5.63 Å². The molecule has 2 N–H and O–H groups in total. The highest BCUT2D eigenvalue weighted by Gasteiger charge is 2.50. The number of nitrogens with one attached hydrogen (secondary N) is 1. The van der Waals surface area contributed by atoms with Crippen molar-refractivity contribution in [3.63, 3.8) is 0 Å². The fourth-order valence-corrected chi connectivity index (χ4v) is 5.45. The van der Waals surface area contributed by atoms with Gasteiger partial charge in [0.05, 0.1) is 6.61 Å². The molecule has 1 aromatic heterocycles. The fraction of sp³-hybridized carbons (Fsp3) is 0.565. The predicted octanol–water partition coefficient (Wildman–Crippen LogP) is 1.40. The van der Waals surface area contributed by atoms with Gasteiger partial charge in [0.25, 0.3) is 5.91 Å². The highest BCUT2D eigenvalue weighted by atomic mass is 16.5. The molecule has 0 bridgehead atoms. The molecule has 1 aromatic carbocycles. The highest BCUT2D eigenvalue weighted by molar-refractivity contribution is 5.86. The number of fused-ring (bicyclic) bond motifs is 4. The van der Waals surface area contributed by atoms with Crippen LogP contribution in [0, 0.1) is 18.3 Å². The Morgan fingerprint density at radius 3 is 2.90 bits per heavy atom. The number of benzene rings is 1. The summed E-state index contributed by atoms with van der Waals surface area (Å²) in [6.07, 6.45) is 3.78. The van der Waals surface area contributed by atoms with E-state index >= 15 is 0 Å². The van der Waals surface area contributed by atoms with Crippen LogP contribution in [0.15, 0.2) is 21.3 Å². The van der Waals surface area contributed by atoms with Gasteiger partial charge in [-0.05, 0) is 56.2 Å². The molecule has 2 saturated heterocycles. The molecule has 2 aromatic rings. The molecule has 0 spiro atoms.